The molecule has 1 aliphatic heterocycles. The number of nitrogens with zero attached hydrogens (tertiary/aromatic N) is 8. The number of hydrogen-bond donors (Lipinski definition) is 1. The van der Waals surface area contributed by atoms with Crippen LogP contribution in [0.1, 0.15) is 24.5 Å². The number of hydrogen-bond acceptors (Lipinski definition) is 9. The molecule has 1 saturated carbocycles. The molecule has 3 aromatic heterocycles. The van der Waals surface area contributed by atoms with E-state index < -0.39 is 9.73 Å². The van der Waals surface area contributed by atoms with Crippen molar-refractivity contribution in [3.05, 3.63) is 60.4 Å². The molecule has 1 aliphatic carbocycles. The number of pyridine rings is 1. The Hall–Kier alpha value is -3.54. The van der Waals surface area contributed by atoms with Crippen molar-refractivity contribution in [2.24, 2.45) is 4.36 Å². The quantitative estimate of drug-likeness (QED) is 0.313. The lowest BCUT2D eigenvalue weighted by Crippen LogP contribution is -2.48. The highest BCUT2D eigenvalue weighted by Crippen LogP contribution is 2.43. The van der Waals surface area contributed by atoms with Crippen molar-refractivity contribution in [2.45, 2.75) is 18.8 Å². The second-order valence-electron chi connectivity index (χ2n) is 11.6. The van der Waals surface area contributed by atoms with Crippen LogP contribution in [-0.4, -0.2) is 99.4 Å². The molecule has 6 rings (SSSR count). The van der Waals surface area contributed by atoms with Crippen LogP contribution in [-0.2, 0) is 9.73 Å². The fourth-order valence-electron chi connectivity index (χ4n) is 5.26. The van der Waals surface area contributed by atoms with E-state index in [1.54, 1.807) is 18.6 Å². The van der Waals surface area contributed by atoms with Gasteiger partial charge in [0.05, 0.1) is 0 Å². The van der Waals surface area contributed by atoms with Crippen LogP contribution in [0.4, 0.5) is 23.1 Å². The Balaban J connectivity index is 1.21. The molecule has 0 radical (unpaired) electrons. The minimum Gasteiger partial charge on any atom is -0.369 e. The van der Waals surface area contributed by atoms with Gasteiger partial charge in [0, 0.05) is 90.2 Å². The van der Waals surface area contributed by atoms with Crippen LogP contribution in [0.3, 0.4) is 0 Å². The standard InChI is InChI=1S/C30H39N9OS/c1-36(2)14-15-37-16-18-38(19-17-37)25-12-10-24(11-13-25)32-30-31-21-23-20-26(22-8-9-22)39(29(23)34-30)28-7-5-6-27(33-28)35-41(3,4)40/h5-7,10-13,20-22H,8-9,14-19H2,1-4H3,(H,31,32,34). The molecule has 41 heavy (non-hydrogen) atoms. The molecule has 1 saturated heterocycles. The Labute approximate surface area is 242 Å². The first-order chi connectivity index (χ1) is 19.7. The van der Waals surface area contributed by atoms with Crippen molar-refractivity contribution in [3.8, 4) is 5.82 Å². The highest BCUT2D eigenvalue weighted by molar-refractivity contribution is 7.92. The first-order valence-corrected chi connectivity index (χ1v) is 16.6. The molecule has 10 nitrogen and oxygen atoms in total. The van der Waals surface area contributed by atoms with Crippen LogP contribution in [0.5, 0.6) is 0 Å². The second kappa shape index (κ2) is 11.4. The Bertz CT molecular complexity index is 1640. The maximum Gasteiger partial charge on any atom is 0.229 e. The van der Waals surface area contributed by atoms with Gasteiger partial charge < -0.3 is 15.1 Å². The normalized spacial score (nSPS) is 16.5. The third kappa shape index (κ3) is 6.69. The van der Waals surface area contributed by atoms with Crippen molar-refractivity contribution in [1.29, 1.82) is 0 Å². The van der Waals surface area contributed by atoms with Crippen molar-refractivity contribution in [3.63, 3.8) is 0 Å². The summed E-state index contributed by atoms with van der Waals surface area (Å²) in [6.07, 6.45) is 7.40. The van der Waals surface area contributed by atoms with Crippen molar-refractivity contribution in [2.75, 3.05) is 76.1 Å². The lowest BCUT2D eigenvalue weighted by Gasteiger charge is -2.36. The zero-order valence-corrected chi connectivity index (χ0v) is 25.1. The topological polar surface area (TPSA) is 94.8 Å². The maximum atomic E-state index is 12.3. The van der Waals surface area contributed by atoms with E-state index in [1.165, 1.54) is 11.4 Å². The summed E-state index contributed by atoms with van der Waals surface area (Å²) in [5.74, 6) is 2.20. The number of aromatic nitrogens is 4. The van der Waals surface area contributed by atoms with Gasteiger partial charge in [-0.3, -0.25) is 9.47 Å². The number of fused-ring (bicyclic) bond motifs is 1. The minimum absolute atomic E-state index is 0.462. The Morgan fingerprint density at radius 2 is 1.78 bits per heavy atom. The first kappa shape index (κ1) is 27.6. The van der Waals surface area contributed by atoms with Crippen LogP contribution in [0.15, 0.2) is 59.1 Å². The first-order valence-electron chi connectivity index (χ1n) is 14.2. The van der Waals surface area contributed by atoms with Gasteiger partial charge in [-0.25, -0.2) is 14.2 Å². The molecule has 0 atom stereocenters. The molecule has 4 aromatic rings. The average Bonchev–Trinajstić information content (AvgIpc) is 3.72. The molecule has 0 bridgehead atoms. The van der Waals surface area contributed by atoms with Crippen LogP contribution in [0.2, 0.25) is 0 Å². The van der Waals surface area contributed by atoms with Gasteiger partial charge in [-0.1, -0.05) is 6.07 Å². The van der Waals surface area contributed by atoms with Crippen LogP contribution in [0.25, 0.3) is 16.9 Å². The van der Waals surface area contributed by atoms with E-state index in [-0.39, 0.29) is 0 Å². The average molecular weight is 574 g/mol. The Kier molecular flexibility index (Phi) is 7.67. The van der Waals surface area contributed by atoms with E-state index >= 15 is 0 Å². The van der Waals surface area contributed by atoms with E-state index in [0.717, 1.165) is 74.6 Å². The van der Waals surface area contributed by atoms with E-state index in [4.69, 9.17) is 9.97 Å². The van der Waals surface area contributed by atoms with Gasteiger partial charge >= 0.3 is 0 Å². The molecule has 1 aromatic carbocycles. The van der Waals surface area contributed by atoms with Crippen LogP contribution in [0, 0.1) is 0 Å². The third-order valence-electron chi connectivity index (χ3n) is 7.55. The smallest absolute Gasteiger partial charge is 0.229 e. The summed E-state index contributed by atoms with van der Waals surface area (Å²) >= 11 is 0. The summed E-state index contributed by atoms with van der Waals surface area (Å²) in [5, 5.41) is 4.36. The summed E-state index contributed by atoms with van der Waals surface area (Å²) in [6.45, 7) is 6.47. The number of nitrogens with one attached hydrogen (secondary N) is 1. The number of likely N-dealkylation sites (N-methyl/N-ethyl adjacent to an activating group) is 1. The molecule has 11 heteroatoms. The van der Waals surface area contributed by atoms with Gasteiger partial charge in [0.15, 0.2) is 11.5 Å². The second-order valence-corrected chi connectivity index (χ2v) is 14.1. The molecule has 2 aliphatic rings. The van der Waals surface area contributed by atoms with Gasteiger partial charge in [-0.2, -0.15) is 9.35 Å². The summed E-state index contributed by atoms with van der Waals surface area (Å²) in [6, 6.07) is 16.3. The molecule has 4 heterocycles. The van der Waals surface area contributed by atoms with Crippen molar-refractivity contribution in [1.82, 2.24) is 29.3 Å². The molecule has 216 valence electrons. The SMILES string of the molecule is CN(C)CCN1CCN(c2ccc(Nc3ncc4cc(C5CC5)n(-c5cccc(N=S(C)(C)=O)n5)c4n3)cc2)CC1. The third-order valence-corrected chi connectivity index (χ3v) is 8.18. The predicted octanol–water partition coefficient (Wildman–Crippen LogP) is 4.48. The van der Waals surface area contributed by atoms with Crippen molar-refractivity contribution >= 4 is 43.9 Å². The molecule has 2 fully saturated rings. The Morgan fingerprint density at radius 3 is 2.46 bits per heavy atom. The van der Waals surface area contributed by atoms with Crippen LogP contribution < -0.4 is 10.2 Å². The summed E-state index contributed by atoms with van der Waals surface area (Å²) in [7, 11) is 1.94. The molecule has 0 spiro atoms. The van der Waals surface area contributed by atoms with E-state index in [2.05, 4.69) is 78.4 Å². The molecular weight excluding hydrogens is 534 g/mol. The molecular formula is C30H39N9OS. The lowest BCUT2D eigenvalue weighted by molar-refractivity contribution is 0.229. The zero-order chi connectivity index (χ0) is 28.6. The fourth-order valence-corrected chi connectivity index (χ4v) is 5.81. The van der Waals surface area contributed by atoms with E-state index in [9.17, 15) is 4.21 Å². The highest BCUT2D eigenvalue weighted by atomic mass is 32.2. The molecule has 0 unspecified atom stereocenters. The minimum atomic E-state index is -2.32. The number of anilines is 3. The maximum absolute atomic E-state index is 12.3. The van der Waals surface area contributed by atoms with Crippen molar-refractivity contribution < 1.29 is 4.21 Å². The largest absolute Gasteiger partial charge is 0.369 e. The highest BCUT2D eigenvalue weighted by Gasteiger charge is 2.29. The summed E-state index contributed by atoms with van der Waals surface area (Å²) in [5.41, 5.74) is 4.15. The predicted molar refractivity (Wildman–Crippen MR) is 168 cm³/mol. The number of rotatable bonds is 9. The Morgan fingerprint density at radius 1 is 1.02 bits per heavy atom. The fraction of sp³-hybridized carbons (Fsp3) is 0.433. The molecule has 0 amide bonds. The van der Waals surface area contributed by atoms with Gasteiger partial charge in [0.25, 0.3) is 0 Å². The molecule has 1 N–H and O–H groups in total. The van der Waals surface area contributed by atoms with E-state index in [0.29, 0.717) is 17.7 Å². The summed E-state index contributed by atoms with van der Waals surface area (Å²) < 4.78 is 18.7. The van der Waals surface area contributed by atoms with Gasteiger partial charge in [-0.05, 0) is 75.3 Å². The van der Waals surface area contributed by atoms with E-state index in [1.807, 2.05) is 18.3 Å². The lowest BCUT2D eigenvalue weighted by atomic mass is 10.2. The summed E-state index contributed by atoms with van der Waals surface area (Å²) in [4.78, 5) is 21.5. The number of benzene rings is 1. The van der Waals surface area contributed by atoms with Gasteiger partial charge in [0.2, 0.25) is 5.95 Å². The van der Waals surface area contributed by atoms with Gasteiger partial charge in [-0.15, -0.1) is 0 Å². The number of piperazine rings is 1. The monoisotopic (exact) mass is 573 g/mol. The van der Waals surface area contributed by atoms with Gasteiger partial charge in [0.1, 0.15) is 5.82 Å². The van der Waals surface area contributed by atoms with Crippen LogP contribution >= 0.6 is 0 Å². The zero-order valence-electron chi connectivity index (χ0n) is 24.3.